The minimum atomic E-state index is -1.21. The molecule has 2 rings (SSSR count). The zero-order valence-electron chi connectivity index (χ0n) is 13.1. The summed E-state index contributed by atoms with van der Waals surface area (Å²) < 4.78 is 1.70. The highest BCUT2D eigenvalue weighted by Crippen LogP contribution is 2.27. The molecule has 1 aromatic carbocycles. The zero-order valence-corrected chi connectivity index (χ0v) is 14.7. The molecule has 1 N–H and O–H groups in total. The molecule has 23 heavy (non-hydrogen) atoms. The van der Waals surface area contributed by atoms with Crippen LogP contribution in [0.1, 0.15) is 30.4 Å². The molecule has 0 spiro atoms. The summed E-state index contributed by atoms with van der Waals surface area (Å²) in [6.07, 6.45) is 3.18. The van der Waals surface area contributed by atoms with E-state index in [4.69, 9.17) is 11.8 Å². The standard InChI is InChI=1S/C17H18ClNO3S/c1-17(2,3)9-8-12(16(21)22)19(18)15(20)14-10-11-6-4-5-7-13(11)23-14/h4-10,12H,1-3H3,(H,21,22)/b9-8+. The predicted octanol–water partition coefficient (Wildman–Crippen LogP) is 4.55. The molecular formula is C17H18ClNO3S. The van der Waals surface area contributed by atoms with Gasteiger partial charge in [-0.1, -0.05) is 51.1 Å². The van der Waals surface area contributed by atoms with Crippen molar-refractivity contribution in [3.8, 4) is 0 Å². The van der Waals surface area contributed by atoms with E-state index in [9.17, 15) is 14.7 Å². The maximum absolute atomic E-state index is 12.5. The quantitative estimate of drug-likeness (QED) is 0.649. The largest absolute Gasteiger partial charge is 0.479 e. The number of carboxylic acids is 1. The summed E-state index contributed by atoms with van der Waals surface area (Å²) in [6, 6.07) is 8.09. The van der Waals surface area contributed by atoms with Gasteiger partial charge in [0, 0.05) is 16.5 Å². The van der Waals surface area contributed by atoms with Gasteiger partial charge < -0.3 is 5.11 Å². The Balaban J connectivity index is 2.28. The maximum atomic E-state index is 12.5. The molecule has 0 aliphatic heterocycles. The molecule has 0 aliphatic rings. The second-order valence-electron chi connectivity index (χ2n) is 6.27. The molecule has 1 aromatic heterocycles. The lowest BCUT2D eigenvalue weighted by Gasteiger charge is -2.20. The van der Waals surface area contributed by atoms with E-state index in [0.29, 0.717) is 4.88 Å². The lowest BCUT2D eigenvalue weighted by Crippen LogP contribution is -2.37. The number of carbonyl (C=O) groups is 2. The maximum Gasteiger partial charge on any atom is 0.331 e. The van der Waals surface area contributed by atoms with Crippen LogP contribution in [0.15, 0.2) is 42.5 Å². The van der Waals surface area contributed by atoms with Crippen molar-refractivity contribution < 1.29 is 14.7 Å². The fourth-order valence-corrected chi connectivity index (χ4v) is 3.24. The first-order valence-corrected chi connectivity index (χ1v) is 8.24. The van der Waals surface area contributed by atoms with Crippen molar-refractivity contribution in [2.75, 3.05) is 0 Å². The minimum absolute atomic E-state index is 0.202. The smallest absolute Gasteiger partial charge is 0.331 e. The second-order valence-corrected chi connectivity index (χ2v) is 7.72. The number of rotatable bonds is 4. The highest BCUT2D eigenvalue weighted by molar-refractivity contribution is 7.20. The first kappa shape index (κ1) is 17.5. The molecule has 1 unspecified atom stereocenters. The third-order valence-electron chi connectivity index (χ3n) is 3.11. The molecule has 1 atom stereocenters. The monoisotopic (exact) mass is 351 g/mol. The Kier molecular flexibility index (Phi) is 5.12. The number of aliphatic carboxylic acids is 1. The van der Waals surface area contributed by atoms with Crippen molar-refractivity contribution in [1.82, 2.24) is 4.42 Å². The summed E-state index contributed by atoms with van der Waals surface area (Å²) >= 11 is 7.34. The predicted molar refractivity (Wildman–Crippen MR) is 93.9 cm³/mol. The van der Waals surface area contributed by atoms with E-state index in [0.717, 1.165) is 14.5 Å². The fourth-order valence-electron chi connectivity index (χ4n) is 1.95. The summed E-state index contributed by atoms with van der Waals surface area (Å²) in [7, 11) is 0. The SMILES string of the molecule is CC(C)(C)/C=C/C(C(=O)O)N(Cl)C(=O)c1cc2ccccc2s1. The number of hydrogen-bond acceptors (Lipinski definition) is 3. The van der Waals surface area contributed by atoms with Crippen LogP contribution in [0.5, 0.6) is 0 Å². The third kappa shape index (κ3) is 4.33. The van der Waals surface area contributed by atoms with E-state index >= 15 is 0 Å². The molecular weight excluding hydrogens is 334 g/mol. The van der Waals surface area contributed by atoms with Crippen molar-refractivity contribution in [3.63, 3.8) is 0 Å². The van der Waals surface area contributed by atoms with E-state index in [2.05, 4.69) is 0 Å². The molecule has 6 heteroatoms. The van der Waals surface area contributed by atoms with Gasteiger partial charge >= 0.3 is 5.97 Å². The number of carboxylic acid groups (broad SMARTS) is 1. The van der Waals surface area contributed by atoms with E-state index in [-0.39, 0.29) is 5.41 Å². The van der Waals surface area contributed by atoms with Crippen molar-refractivity contribution >= 4 is 45.1 Å². The molecule has 0 saturated carbocycles. The molecule has 122 valence electrons. The number of thiophene rings is 1. The first-order valence-electron chi connectivity index (χ1n) is 7.09. The Morgan fingerprint density at radius 1 is 1.30 bits per heavy atom. The lowest BCUT2D eigenvalue weighted by atomic mass is 9.95. The summed E-state index contributed by atoms with van der Waals surface area (Å²) in [5.41, 5.74) is -0.202. The van der Waals surface area contributed by atoms with Crippen LogP contribution in [0.2, 0.25) is 0 Å². The molecule has 0 bridgehead atoms. The normalized spacial score (nSPS) is 13.4. The van der Waals surface area contributed by atoms with Crippen molar-refractivity contribution in [3.05, 3.63) is 47.4 Å². The van der Waals surface area contributed by atoms with Gasteiger partial charge in [0.15, 0.2) is 6.04 Å². The highest BCUT2D eigenvalue weighted by Gasteiger charge is 2.28. The summed E-state index contributed by atoms with van der Waals surface area (Å²) in [4.78, 5) is 24.3. The van der Waals surface area contributed by atoms with Crippen molar-refractivity contribution in [2.24, 2.45) is 5.41 Å². The number of amides is 1. The van der Waals surface area contributed by atoms with Gasteiger partial charge in [-0.25, -0.2) is 9.21 Å². The number of allylic oxidation sites excluding steroid dienone is 1. The Morgan fingerprint density at radius 3 is 2.52 bits per heavy atom. The molecule has 0 aliphatic carbocycles. The topological polar surface area (TPSA) is 57.6 Å². The summed E-state index contributed by atoms with van der Waals surface area (Å²) in [5.74, 6) is -1.69. The Morgan fingerprint density at radius 2 is 1.96 bits per heavy atom. The molecule has 1 amide bonds. The average molecular weight is 352 g/mol. The molecule has 0 saturated heterocycles. The highest BCUT2D eigenvalue weighted by atomic mass is 35.5. The van der Waals surface area contributed by atoms with Crippen LogP contribution < -0.4 is 0 Å². The number of benzene rings is 1. The van der Waals surface area contributed by atoms with Crippen molar-refractivity contribution in [1.29, 1.82) is 0 Å². The van der Waals surface area contributed by atoms with Crippen LogP contribution in [0, 0.1) is 5.41 Å². The Bertz CT molecular complexity index is 728. The van der Waals surface area contributed by atoms with E-state index < -0.39 is 17.9 Å². The second kappa shape index (κ2) is 6.72. The molecule has 1 heterocycles. The third-order valence-corrected chi connectivity index (χ3v) is 4.57. The Labute approximate surface area is 144 Å². The van der Waals surface area contributed by atoms with Crippen LogP contribution in [0.4, 0.5) is 0 Å². The van der Waals surface area contributed by atoms with Crippen LogP contribution >= 0.6 is 23.1 Å². The number of nitrogens with zero attached hydrogens (tertiary/aromatic N) is 1. The minimum Gasteiger partial charge on any atom is -0.479 e. The fraction of sp³-hybridized carbons (Fsp3) is 0.294. The molecule has 0 fully saturated rings. The van der Waals surface area contributed by atoms with Gasteiger partial charge in [0.25, 0.3) is 5.91 Å². The summed E-state index contributed by atoms with van der Waals surface area (Å²) in [5, 5.41) is 10.3. The first-order chi connectivity index (χ1) is 10.7. The van der Waals surface area contributed by atoms with E-state index in [1.165, 1.54) is 17.4 Å². The lowest BCUT2D eigenvalue weighted by molar-refractivity contribution is -0.139. The number of fused-ring (bicyclic) bond motifs is 1. The number of halogens is 1. The van der Waals surface area contributed by atoms with E-state index in [1.807, 2.05) is 45.0 Å². The molecule has 0 radical (unpaired) electrons. The van der Waals surface area contributed by atoms with E-state index in [1.54, 1.807) is 12.1 Å². The van der Waals surface area contributed by atoms with Gasteiger partial charge in [-0.05, 0) is 22.9 Å². The van der Waals surface area contributed by atoms with Crippen LogP contribution in [-0.4, -0.2) is 27.4 Å². The molecule has 4 nitrogen and oxygen atoms in total. The van der Waals surface area contributed by atoms with Gasteiger partial charge in [-0.3, -0.25) is 4.79 Å². The van der Waals surface area contributed by atoms with Crippen molar-refractivity contribution in [2.45, 2.75) is 26.8 Å². The number of hydrogen-bond donors (Lipinski definition) is 1. The van der Waals surface area contributed by atoms with Gasteiger partial charge in [-0.2, -0.15) is 0 Å². The Hall–Kier alpha value is -1.85. The number of carbonyl (C=O) groups excluding carboxylic acids is 1. The van der Waals surface area contributed by atoms with Gasteiger partial charge in [0.1, 0.15) is 0 Å². The van der Waals surface area contributed by atoms with Crippen LogP contribution in [0.3, 0.4) is 0 Å². The van der Waals surface area contributed by atoms with Gasteiger partial charge in [0.2, 0.25) is 0 Å². The zero-order chi connectivity index (χ0) is 17.2. The average Bonchev–Trinajstić information content (AvgIpc) is 2.88. The summed E-state index contributed by atoms with van der Waals surface area (Å²) in [6.45, 7) is 5.82. The van der Waals surface area contributed by atoms with Crippen LogP contribution in [-0.2, 0) is 4.79 Å². The van der Waals surface area contributed by atoms with Crippen LogP contribution in [0.25, 0.3) is 10.1 Å². The van der Waals surface area contributed by atoms with Gasteiger partial charge in [0.05, 0.1) is 4.88 Å². The van der Waals surface area contributed by atoms with Gasteiger partial charge in [-0.15, -0.1) is 11.3 Å². The molecule has 2 aromatic rings.